The Morgan fingerprint density at radius 1 is 1.34 bits per heavy atom. The molecule has 0 radical (unpaired) electrons. The van der Waals surface area contributed by atoms with Gasteiger partial charge in [0.25, 0.3) is 5.56 Å². The van der Waals surface area contributed by atoms with E-state index in [1.807, 2.05) is 6.07 Å². The van der Waals surface area contributed by atoms with E-state index in [9.17, 15) is 14.4 Å². The fraction of sp³-hybridized carbons (Fsp3) is 0.526. The molecule has 0 aromatic carbocycles. The van der Waals surface area contributed by atoms with E-state index in [1.54, 1.807) is 15.5 Å². The molecule has 0 saturated carbocycles. The fourth-order valence-electron chi connectivity index (χ4n) is 4.34. The summed E-state index contributed by atoms with van der Waals surface area (Å²) in [5.41, 5.74) is 0.578. The molecule has 29 heavy (non-hydrogen) atoms. The number of likely N-dealkylation sites (tertiary alicyclic amines) is 1. The number of aromatic nitrogens is 3. The predicted octanol–water partition coefficient (Wildman–Crippen LogP) is 0.201. The number of piperidine rings is 1. The van der Waals surface area contributed by atoms with Crippen molar-refractivity contribution in [1.82, 2.24) is 24.9 Å². The SMILES string of the molecule is COCc1noc(CNC(=O)[C@H]2[C@H]3C[C@H](CN(C(C)=O)C3)c3cccc(=O)n32)n1. The molecule has 154 valence electrons. The van der Waals surface area contributed by atoms with E-state index in [0.29, 0.717) is 18.9 Å². The maximum absolute atomic E-state index is 13.1. The highest BCUT2D eigenvalue weighted by molar-refractivity contribution is 5.81. The number of hydrogen-bond donors (Lipinski definition) is 1. The van der Waals surface area contributed by atoms with Crippen molar-refractivity contribution in [1.29, 1.82) is 0 Å². The topological polar surface area (TPSA) is 120 Å². The van der Waals surface area contributed by atoms with Gasteiger partial charge in [0.05, 0.1) is 6.54 Å². The zero-order chi connectivity index (χ0) is 20.5. The van der Waals surface area contributed by atoms with Crippen LogP contribution in [0.4, 0.5) is 0 Å². The van der Waals surface area contributed by atoms with Gasteiger partial charge < -0.3 is 19.5 Å². The Kier molecular flexibility index (Phi) is 5.18. The van der Waals surface area contributed by atoms with Crippen LogP contribution in [-0.2, 0) is 27.5 Å². The number of carbonyl (C=O) groups is 2. The third-order valence-electron chi connectivity index (χ3n) is 5.56. The lowest BCUT2D eigenvalue weighted by Gasteiger charge is -2.46. The smallest absolute Gasteiger partial charge is 0.251 e. The Labute approximate surface area is 166 Å². The lowest BCUT2D eigenvalue weighted by Crippen LogP contribution is -2.54. The van der Waals surface area contributed by atoms with Gasteiger partial charge in [-0.15, -0.1) is 0 Å². The summed E-state index contributed by atoms with van der Waals surface area (Å²) in [6, 6.07) is 4.33. The highest BCUT2D eigenvalue weighted by atomic mass is 16.5. The molecule has 0 unspecified atom stereocenters. The van der Waals surface area contributed by atoms with Crippen molar-refractivity contribution in [2.45, 2.75) is 38.5 Å². The molecule has 2 aliphatic rings. The summed E-state index contributed by atoms with van der Waals surface area (Å²) >= 11 is 0. The quantitative estimate of drug-likeness (QED) is 0.760. The van der Waals surface area contributed by atoms with E-state index < -0.39 is 6.04 Å². The number of nitrogens with zero attached hydrogens (tertiary/aromatic N) is 4. The Morgan fingerprint density at radius 3 is 2.93 bits per heavy atom. The van der Waals surface area contributed by atoms with Crippen molar-refractivity contribution in [3.63, 3.8) is 0 Å². The summed E-state index contributed by atoms with van der Waals surface area (Å²) in [5, 5.41) is 6.56. The number of nitrogens with one attached hydrogen (secondary N) is 1. The monoisotopic (exact) mass is 401 g/mol. The first-order valence-corrected chi connectivity index (χ1v) is 9.53. The number of carbonyl (C=O) groups excluding carboxylic acids is 2. The second-order valence-corrected chi connectivity index (χ2v) is 7.48. The largest absolute Gasteiger partial charge is 0.377 e. The van der Waals surface area contributed by atoms with Gasteiger partial charge in [0.2, 0.25) is 17.7 Å². The van der Waals surface area contributed by atoms with Gasteiger partial charge in [-0.1, -0.05) is 11.2 Å². The van der Waals surface area contributed by atoms with E-state index in [4.69, 9.17) is 9.26 Å². The lowest BCUT2D eigenvalue weighted by atomic mass is 9.78. The summed E-state index contributed by atoms with van der Waals surface area (Å²) in [6.45, 7) is 2.81. The molecule has 4 rings (SSSR count). The van der Waals surface area contributed by atoms with E-state index in [2.05, 4.69) is 15.5 Å². The van der Waals surface area contributed by atoms with Gasteiger partial charge in [-0.2, -0.15) is 4.98 Å². The lowest BCUT2D eigenvalue weighted by molar-refractivity contribution is -0.135. The molecule has 0 aliphatic carbocycles. The number of hydrogen-bond acceptors (Lipinski definition) is 7. The highest BCUT2D eigenvalue weighted by Crippen LogP contribution is 2.41. The Bertz CT molecular complexity index is 983. The second-order valence-electron chi connectivity index (χ2n) is 7.48. The Balaban J connectivity index is 1.59. The van der Waals surface area contributed by atoms with Crippen molar-refractivity contribution >= 4 is 11.8 Å². The molecule has 2 aromatic rings. The van der Waals surface area contributed by atoms with Crippen molar-refractivity contribution in [3.05, 3.63) is 46.0 Å². The zero-order valence-corrected chi connectivity index (χ0v) is 16.3. The van der Waals surface area contributed by atoms with Crippen LogP contribution in [-0.4, -0.2) is 51.6 Å². The van der Waals surface area contributed by atoms with Gasteiger partial charge in [-0.05, 0) is 12.5 Å². The van der Waals surface area contributed by atoms with Gasteiger partial charge in [-0.3, -0.25) is 19.0 Å². The number of rotatable bonds is 5. The standard InChI is InChI=1S/C19H23N5O5/c1-11(25)23-8-12-6-13(9-23)18(24-14(12)4-3-5-17(24)26)19(27)20-7-16-21-15(10-28-2)22-29-16/h3-5,12-13,18H,6-10H2,1-2H3,(H,20,27)/t12-,13+,18-/m1/s1. The first kappa shape index (κ1) is 19.3. The molecule has 3 atom stereocenters. The first-order valence-electron chi connectivity index (χ1n) is 9.53. The molecule has 2 amide bonds. The molecule has 10 nitrogen and oxygen atoms in total. The number of methoxy groups -OCH3 is 1. The molecular weight excluding hydrogens is 378 g/mol. The van der Waals surface area contributed by atoms with Crippen molar-refractivity contribution in [2.24, 2.45) is 5.92 Å². The molecule has 2 aliphatic heterocycles. The van der Waals surface area contributed by atoms with Gasteiger partial charge in [-0.25, -0.2) is 0 Å². The molecule has 2 bridgehead atoms. The van der Waals surface area contributed by atoms with Crippen molar-refractivity contribution in [3.8, 4) is 0 Å². The molecule has 4 heterocycles. The highest BCUT2D eigenvalue weighted by Gasteiger charge is 2.44. The summed E-state index contributed by atoms with van der Waals surface area (Å²) in [6.07, 6.45) is 0.754. The third-order valence-corrected chi connectivity index (χ3v) is 5.56. The average Bonchev–Trinajstić information content (AvgIpc) is 3.15. The predicted molar refractivity (Wildman–Crippen MR) is 99.7 cm³/mol. The van der Waals surface area contributed by atoms with E-state index in [0.717, 1.165) is 12.1 Å². The van der Waals surface area contributed by atoms with Crippen LogP contribution in [0.3, 0.4) is 0 Å². The van der Waals surface area contributed by atoms with Crippen LogP contribution in [0, 0.1) is 5.92 Å². The summed E-state index contributed by atoms with van der Waals surface area (Å²) in [5.74, 6) is 0.221. The normalized spacial score (nSPS) is 22.8. The van der Waals surface area contributed by atoms with Crippen LogP contribution >= 0.6 is 0 Å². The average molecular weight is 401 g/mol. The van der Waals surface area contributed by atoms with Gasteiger partial charge in [0.15, 0.2) is 5.82 Å². The second kappa shape index (κ2) is 7.78. The summed E-state index contributed by atoms with van der Waals surface area (Å²) in [7, 11) is 1.53. The van der Waals surface area contributed by atoms with E-state index in [-0.39, 0.29) is 48.3 Å². The molecule has 0 spiro atoms. The van der Waals surface area contributed by atoms with Crippen LogP contribution in [0.1, 0.15) is 42.7 Å². The fourth-order valence-corrected chi connectivity index (χ4v) is 4.34. The van der Waals surface area contributed by atoms with E-state index in [1.165, 1.54) is 20.1 Å². The van der Waals surface area contributed by atoms with Crippen molar-refractivity contribution < 1.29 is 18.8 Å². The molecule has 1 saturated heterocycles. The number of pyridine rings is 1. The summed E-state index contributed by atoms with van der Waals surface area (Å²) < 4.78 is 11.6. The van der Waals surface area contributed by atoms with Crippen LogP contribution in [0.2, 0.25) is 0 Å². The number of fused-ring (bicyclic) bond motifs is 4. The van der Waals surface area contributed by atoms with E-state index >= 15 is 0 Å². The minimum absolute atomic E-state index is 0.0258. The minimum Gasteiger partial charge on any atom is -0.377 e. The Morgan fingerprint density at radius 2 is 2.17 bits per heavy atom. The Hall–Kier alpha value is -3.01. The molecule has 2 aromatic heterocycles. The maximum Gasteiger partial charge on any atom is 0.251 e. The van der Waals surface area contributed by atoms with Gasteiger partial charge in [0.1, 0.15) is 12.6 Å². The van der Waals surface area contributed by atoms with Gasteiger partial charge >= 0.3 is 0 Å². The number of ether oxygens (including phenoxy) is 1. The maximum atomic E-state index is 13.1. The van der Waals surface area contributed by atoms with Crippen molar-refractivity contribution in [2.75, 3.05) is 20.2 Å². The zero-order valence-electron chi connectivity index (χ0n) is 16.3. The van der Waals surface area contributed by atoms with Gasteiger partial charge in [0, 0.05) is 50.7 Å². The molecular formula is C19H23N5O5. The molecule has 1 N–H and O–H groups in total. The van der Waals surface area contributed by atoms with Crippen LogP contribution in [0.25, 0.3) is 0 Å². The molecule has 10 heteroatoms. The van der Waals surface area contributed by atoms with Crippen LogP contribution in [0.5, 0.6) is 0 Å². The van der Waals surface area contributed by atoms with Crippen LogP contribution in [0.15, 0.2) is 27.5 Å². The third kappa shape index (κ3) is 3.67. The first-order chi connectivity index (χ1) is 14.0. The summed E-state index contributed by atoms with van der Waals surface area (Å²) in [4.78, 5) is 43.6. The minimum atomic E-state index is -0.696. The van der Waals surface area contributed by atoms with Crippen LogP contribution < -0.4 is 10.9 Å². The molecule has 1 fully saturated rings. The number of amides is 2.